The van der Waals surface area contributed by atoms with Crippen molar-refractivity contribution in [2.24, 2.45) is 5.92 Å². The molecule has 1 aromatic heterocycles. The van der Waals surface area contributed by atoms with Crippen molar-refractivity contribution in [2.45, 2.75) is 31.4 Å². The zero-order valence-electron chi connectivity index (χ0n) is 16.3. The Hall–Kier alpha value is -2.65. The van der Waals surface area contributed by atoms with E-state index in [-0.39, 0.29) is 24.5 Å². The fourth-order valence-corrected chi connectivity index (χ4v) is 4.71. The first-order chi connectivity index (χ1) is 14.1. The Balaban J connectivity index is 0.000000645. The number of aliphatic hydroxyl groups is 1. The molecule has 9 heteroatoms. The van der Waals surface area contributed by atoms with E-state index in [1.54, 1.807) is 0 Å². The van der Waals surface area contributed by atoms with Crippen molar-refractivity contribution in [3.8, 4) is 0 Å². The van der Waals surface area contributed by atoms with Crippen molar-refractivity contribution in [1.82, 2.24) is 20.4 Å². The van der Waals surface area contributed by atoms with Crippen LogP contribution < -0.4 is 10.2 Å². The van der Waals surface area contributed by atoms with Crippen molar-refractivity contribution in [3.05, 3.63) is 23.9 Å². The van der Waals surface area contributed by atoms with Gasteiger partial charge >= 0.3 is 0 Å². The molecular weight excluding hydrogens is 374 g/mol. The summed E-state index contributed by atoms with van der Waals surface area (Å²) in [6, 6.07) is 6.23. The molecule has 0 saturated carbocycles. The maximum atomic E-state index is 12.9. The Kier molecular flexibility index (Phi) is 5.68. The van der Waals surface area contributed by atoms with Crippen molar-refractivity contribution < 1.29 is 19.8 Å². The van der Waals surface area contributed by atoms with Gasteiger partial charge in [0.05, 0.1) is 11.6 Å². The van der Waals surface area contributed by atoms with Crippen LogP contribution in [-0.2, 0) is 4.79 Å². The number of nitrogens with one attached hydrogen (secondary N) is 2. The van der Waals surface area contributed by atoms with Crippen molar-refractivity contribution in [3.63, 3.8) is 0 Å². The summed E-state index contributed by atoms with van der Waals surface area (Å²) < 4.78 is 0. The molecule has 9 nitrogen and oxygen atoms in total. The molecular formula is C20H27N5O4. The van der Waals surface area contributed by atoms with E-state index in [4.69, 9.17) is 9.90 Å². The molecule has 0 spiro atoms. The molecule has 1 unspecified atom stereocenters. The number of hydrogen-bond acceptors (Lipinski definition) is 6. The first kappa shape index (κ1) is 19.7. The quantitative estimate of drug-likeness (QED) is 0.557. The molecule has 29 heavy (non-hydrogen) atoms. The van der Waals surface area contributed by atoms with Crippen LogP contribution in [0.4, 0.5) is 5.69 Å². The number of benzene rings is 1. The van der Waals surface area contributed by atoms with E-state index in [0.717, 1.165) is 49.2 Å². The van der Waals surface area contributed by atoms with Crippen LogP contribution in [0.25, 0.3) is 10.9 Å². The van der Waals surface area contributed by atoms with Gasteiger partial charge in [0.1, 0.15) is 0 Å². The summed E-state index contributed by atoms with van der Waals surface area (Å²) in [5.41, 5.74) is 2.37. The van der Waals surface area contributed by atoms with E-state index in [1.807, 2.05) is 18.2 Å². The summed E-state index contributed by atoms with van der Waals surface area (Å²) in [5.74, 6) is 0.504. The second-order valence-electron chi connectivity index (χ2n) is 8.01. The molecule has 4 fully saturated rings. The van der Waals surface area contributed by atoms with Crippen LogP contribution in [-0.4, -0.2) is 82.6 Å². The van der Waals surface area contributed by atoms with E-state index in [0.29, 0.717) is 18.2 Å². The van der Waals surface area contributed by atoms with Crippen LogP contribution in [0.15, 0.2) is 18.2 Å². The number of fused-ring (bicyclic) bond motifs is 4. The first-order valence-corrected chi connectivity index (χ1v) is 10.1. The van der Waals surface area contributed by atoms with Gasteiger partial charge < -0.3 is 25.3 Å². The van der Waals surface area contributed by atoms with Gasteiger partial charge in [0, 0.05) is 36.7 Å². The van der Waals surface area contributed by atoms with Gasteiger partial charge in [0.15, 0.2) is 5.69 Å². The van der Waals surface area contributed by atoms with Gasteiger partial charge in [0.25, 0.3) is 12.4 Å². The number of carbonyl (C=O) groups is 2. The summed E-state index contributed by atoms with van der Waals surface area (Å²) >= 11 is 0. The Morgan fingerprint density at radius 3 is 2.59 bits per heavy atom. The summed E-state index contributed by atoms with van der Waals surface area (Å²) in [6.45, 7) is 4.51. The number of rotatable bonds is 3. The fraction of sp³-hybridized carbons (Fsp3) is 0.550. The molecule has 1 aromatic carbocycles. The van der Waals surface area contributed by atoms with Crippen LogP contribution in [0.2, 0.25) is 0 Å². The van der Waals surface area contributed by atoms with Gasteiger partial charge in [-0.3, -0.25) is 14.7 Å². The standard InChI is InChI=1S/C19H25N5O2.CH2O2/c25-14-5-8-24(10-14)13-1-2-16-15(9-13)18(22-21-16)19(26)20-17-11-23-6-3-12(17)4-7-23;2-1-3/h1-2,9,12,14,17,25H,3-8,10-11H2,(H,20,26)(H,21,22);1H,(H,2,3)/t14?,17-;/m1./s1. The number of anilines is 1. The maximum Gasteiger partial charge on any atom is 0.290 e. The van der Waals surface area contributed by atoms with Crippen LogP contribution in [0, 0.1) is 5.92 Å². The van der Waals surface area contributed by atoms with E-state index in [2.05, 4.69) is 25.3 Å². The smallest absolute Gasteiger partial charge is 0.290 e. The molecule has 2 atom stereocenters. The predicted octanol–water partition coefficient (Wildman–Crippen LogP) is 0.659. The molecule has 4 N–H and O–H groups in total. The highest BCUT2D eigenvalue weighted by Crippen LogP contribution is 2.29. The zero-order valence-corrected chi connectivity index (χ0v) is 16.3. The van der Waals surface area contributed by atoms with Crippen molar-refractivity contribution >= 4 is 29.0 Å². The number of hydrogen-bond donors (Lipinski definition) is 4. The van der Waals surface area contributed by atoms with E-state index in [1.165, 1.54) is 12.8 Å². The number of β-amino-alcohol motifs (C(OH)–C–C–N with tert-alkyl or cyclic N) is 1. The molecule has 2 aromatic rings. The monoisotopic (exact) mass is 401 g/mol. The Morgan fingerprint density at radius 2 is 1.97 bits per heavy atom. The van der Waals surface area contributed by atoms with Gasteiger partial charge in [-0.15, -0.1) is 0 Å². The number of carbonyl (C=O) groups excluding carboxylic acids is 1. The largest absolute Gasteiger partial charge is 0.483 e. The van der Waals surface area contributed by atoms with Gasteiger partial charge in [-0.1, -0.05) is 0 Å². The van der Waals surface area contributed by atoms with Crippen LogP contribution in [0.1, 0.15) is 29.8 Å². The fourth-order valence-electron chi connectivity index (χ4n) is 4.71. The van der Waals surface area contributed by atoms with Crippen LogP contribution in [0.5, 0.6) is 0 Å². The number of amides is 1. The van der Waals surface area contributed by atoms with E-state index in [9.17, 15) is 9.90 Å². The normalized spacial score (nSPS) is 28.1. The summed E-state index contributed by atoms with van der Waals surface area (Å²) in [6.07, 6.45) is 2.87. The molecule has 0 aliphatic carbocycles. The molecule has 0 radical (unpaired) electrons. The number of piperidine rings is 3. The van der Waals surface area contributed by atoms with Crippen molar-refractivity contribution in [2.75, 3.05) is 37.6 Å². The number of nitrogens with zero attached hydrogens (tertiary/aromatic N) is 3. The Labute approximate surface area is 168 Å². The lowest BCUT2D eigenvalue weighted by molar-refractivity contribution is -0.122. The molecule has 156 valence electrons. The van der Waals surface area contributed by atoms with Gasteiger partial charge in [0.2, 0.25) is 0 Å². The average Bonchev–Trinajstić information content (AvgIpc) is 3.35. The van der Waals surface area contributed by atoms with Gasteiger partial charge in [-0.25, -0.2) is 0 Å². The Bertz CT molecular complexity index is 877. The highest BCUT2D eigenvalue weighted by atomic mass is 16.3. The SMILES string of the molecule is O=C(N[C@@H]1CN2CCC1CC2)c1n[nH]c2ccc(N3CCC(O)C3)cc12.O=CO. The van der Waals surface area contributed by atoms with Gasteiger partial charge in [-0.05, 0) is 56.5 Å². The summed E-state index contributed by atoms with van der Waals surface area (Å²) in [5, 5.41) is 28.0. The molecule has 5 heterocycles. The number of aliphatic hydroxyl groups excluding tert-OH is 1. The molecule has 1 amide bonds. The lowest BCUT2D eigenvalue weighted by Gasteiger charge is -2.44. The summed E-state index contributed by atoms with van der Waals surface area (Å²) in [7, 11) is 0. The van der Waals surface area contributed by atoms with Crippen LogP contribution in [0.3, 0.4) is 0 Å². The third kappa shape index (κ3) is 4.06. The van der Waals surface area contributed by atoms with E-state index < -0.39 is 0 Å². The lowest BCUT2D eigenvalue weighted by Crippen LogP contribution is -2.57. The second-order valence-corrected chi connectivity index (χ2v) is 8.01. The highest BCUT2D eigenvalue weighted by Gasteiger charge is 2.35. The minimum atomic E-state index is -0.269. The minimum Gasteiger partial charge on any atom is -0.483 e. The number of carboxylic acid groups (broad SMARTS) is 1. The highest BCUT2D eigenvalue weighted by molar-refractivity contribution is 6.05. The second kappa shape index (κ2) is 8.38. The molecule has 2 bridgehead atoms. The number of aromatic amines is 1. The number of aromatic nitrogens is 2. The summed E-state index contributed by atoms with van der Waals surface area (Å²) in [4.78, 5) is 25.8. The third-order valence-electron chi connectivity index (χ3n) is 6.26. The Morgan fingerprint density at radius 1 is 1.21 bits per heavy atom. The van der Waals surface area contributed by atoms with E-state index >= 15 is 0 Å². The topological polar surface area (TPSA) is 122 Å². The molecule has 4 aliphatic heterocycles. The minimum absolute atomic E-state index is 0.0893. The molecule has 4 aliphatic rings. The number of H-pyrrole nitrogens is 1. The zero-order chi connectivity index (χ0) is 20.4. The van der Waals surface area contributed by atoms with Crippen LogP contribution >= 0.6 is 0 Å². The van der Waals surface area contributed by atoms with Gasteiger partial charge in [-0.2, -0.15) is 5.10 Å². The lowest BCUT2D eigenvalue weighted by atomic mass is 9.84. The third-order valence-corrected chi connectivity index (χ3v) is 6.26. The predicted molar refractivity (Wildman–Crippen MR) is 108 cm³/mol. The average molecular weight is 401 g/mol. The molecule has 6 rings (SSSR count). The first-order valence-electron chi connectivity index (χ1n) is 10.1. The maximum absolute atomic E-state index is 12.9. The molecule has 4 saturated heterocycles. The van der Waals surface area contributed by atoms with Crippen molar-refractivity contribution in [1.29, 1.82) is 0 Å².